The van der Waals surface area contributed by atoms with Crippen LogP contribution in [0.1, 0.15) is 36.0 Å². The van der Waals surface area contributed by atoms with Crippen LogP contribution >= 0.6 is 15.9 Å². The van der Waals surface area contributed by atoms with E-state index in [0.29, 0.717) is 17.0 Å². The predicted octanol–water partition coefficient (Wildman–Crippen LogP) is 4.39. The Bertz CT molecular complexity index is 883. The Kier molecular flexibility index (Phi) is 5.31. The highest BCUT2D eigenvalue weighted by atomic mass is 79.9. The van der Waals surface area contributed by atoms with Crippen molar-refractivity contribution in [1.29, 1.82) is 0 Å². The first kappa shape index (κ1) is 18.9. The molecule has 1 heterocycles. The fraction of sp³-hybridized carbons (Fsp3) is 0.318. The second kappa shape index (κ2) is 7.87. The van der Waals surface area contributed by atoms with Crippen LogP contribution in [0.2, 0.25) is 0 Å². The third-order valence-electron chi connectivity index (χ3n) is 5.47. The van der Waals surface area contributed by atoms with Crippen LogP contribution in [0.15, 0.2) is 53.0 Å². The first-order chi connectivity index (χ1) is 13.5. The lowest BCUT2D eigenvalue weighted by Gasteiger charge is -2.19. The molecule has 2 aliphatic rings. The van der Waals surface area contributed by atoms with Crippen LogP contribution in [-0.4, -0.2) is 24.2 Å². The molecule has 2 fully saturated rings. The Balaban J connectivity index is 1.41. The Morgan fingerprint density at radius 3 is 2.07 bits per heavy atom. The molecule has 2 amide bonds. The van der Waals surface area contributed by atoms with Gasteiger partial charge in [-0.25, -0.2) is 0 Å². The zero-order valence-corrected chi connectivity index (χ0v) is 16.9. The third kappa shape index (κ3) is 3.61. The van der Waals surface area contributed by atoms with Crippen molar-refractivity contribution < 1.29 is 19.1 Å². The lowest BCUT2D eigenvalue weighted by molar-refractivity contribution is -0.122. The number of benzene rings is 2. The van der Waals surface area contributed by atoms with Gasteiger partial charge in [-0.05, 0) is 49.2 Å². The highest BCUT2D eigenvalue weighted by Gasteiger charge is 2.48. The first-order valence-electron chi connectivity index (χ1n) is 9.44. The highest BCUT2D eigenvalue weighted by Crippen LogP contribution is 2.40. The summed E-state index contributed by atoms with van der Waals surface area (Å²) >= 11 is 3.34. The Labute approximate surface area is 171 Å². The van der Waals surface area contributed by atoms with Crippen LogP contribution in [0.4, 0.5) is 5.69 Å². The minimum Gasteiger partial charge on any atom is -0.485 e. The minimum absolute atomic E-state index is 0.0767. The van der Waals surface area contributed by atoms with Gasteiger partial charge in [0.1, 0.15) is 5.75 Å². The number of ether oxygens (including phenoxy) is 1. The standard InChI is InChI=1S/C22H20BrNO4/c23-15-7-5-14(6-8-15)20(25)13-28-17-11-9-16(10-12-17)24-21(26)18-3-1-2-4-19(18)22(24)27/h5-12,18-19H,1-4,13H2/t18-,19-/m1/s1. The molecule has 2 aromatic carbocycles. The van der Waals surface area contributed by atoms with Crippen LogP contribution in [-0.2, 0) is 9.59 Å². The average Bonchev–Trinajstić information content (AvgIpc) is 2.98. The Morgan fingerprint density at radius 2 is 1.50 bits per heavy atom. The number of imide groups is 1. The highest BCUT2D eigenvalue weighted by molar-refractivity contribution is 9.10. The number of nitrogens with zero attached hydrogens (tertiary/aromatic N) is 1. The number of rotatable bonds is 5. The molecule has 0 bridgehead atoms. The maximum Gasteiger partial charge on any atom is 0.237 e. The Hall–Kier alpha value is -2.47. The van der Waals surface area contributed by atoms with Gasteiger partial charge >= 0.3 is 0 Å². The van der Waals surface area contributed by atoms with Gasteiger partial charge in [0, 0.05) is 10.0 Å². The summed E-state index contributed by atoms with van der Waals surface area (Å²) in [5.74, 6) is -0.111. The smallest absolute Gasteiger partial charge is 0.237 e. The van der Waals surface area contributed by atoms with Crippen LogP contribution in [0.5, 0.6) is 5.75 Å². The van der Waals surface area contributed by atoms with Crippen molar-refractivity contribution in [2.75, 3.05) is 11.5 Å². The summed E-state index contributed by atoms with van der Waals surface area (Å²) in [4.78, 5) is 38.8. The molecule has 1 saturated heterocycles. The Morgan fingerprint density at radius 1 is 0.929 bits per heavy atom. The summed E-state index contributed by atoms with van der Waals surface area (Å²) in [5, 5.41) is 0. The molecule has 28 heavy (non-hydrogen) atoms. The summed E-state index contributed by atoms with van der Waals surface area (Å²) in [7, 11) is 0. The molecule has 144 valence electrons. The number of ketones is 1. The lowest BCUT2D eigenvalue weighted by Crippen LogP contribution is -2.30. The predicted molar refractivity (Wildman–Crippen MR) is 108 cm³/mol. The van der Waals surface area contributed by atoms with E-state index in [2.05, 4.69) is 15.9 Å². The SMILES string of the molecule is O=C(COc1ccc(N2C(=O)[C@@H]3CCCC[C@H]3C2=O)cc1)c1ccc(Br)cc1. The van der Waals surface area contributed by atoms with Crippen molar-refractivity contribution in [1.82, 2.24) is 0 Å². The van der Waals surface area contributed by atoms with E-state index >= 15 is 0 Å². The zero-order chi connectivity index (χ0) is 19.7. The van der Waals surface area contributed by atoms with Gasteiger partial charge in [-0.2, -0.15) is 0 Å². The number of Topliss-reactive ketones (excluding diaryl/α,β-unsaturated/α-hetero) is 1. The van der Waals surface area contributed by atoms with Crippen LogP contribution in [0, 0.1) is 11.8 Å². The molecule has 0 N–H and O–H groups in total. The molecule has 2 atom stereocenters. The fourth-order valence-corrected chi connectivity index (χ4v) is 4.24. The molecule has 1 saturated carbocycles. The molecule has 6 heteroatoms. The van der Waals surface area contributed by atoms with E-state index in [4.69, 9.17) is 4.74 Å². The summed E-state index contributed by atoms with van der Waals surface area (Å²) in [6.07, 6.45) is 3.61. The molecule has 4 rings (SSSR count). The van der Waals surface area contributed by atoms with Crippen molar-refractivity contribution >= 4 is 39.2 Å². The van der Waals surface area contributed by atoms with E-state index in [1.807, 2.05) is 12.1 Å². The monoisotopic (exact) mass is 441 g/mol. The molecule has 1 aliphatic heterocycles. The number of anilines is 1. The summed E-state index contributed by atoms with van der Waals surface area (Å²) in [6, 6.07) is 13.9. The van der Waals surface area contributed by atoms with E-state index in [1.165, 1.54) is 4.90 Å². The molecule has 0 aromatic heterocycles. The number of hydrogen-bond acceptors (Lipinski definition) is 4. The molecule has 0 unspecified atom stereocenters. The van der Waals surface area contributed by atoms with Gasteiger partial charge in [0.25, 0.3) is 0 Å². The van der Waals surface area contributed by atoms with Gasteiger partial charge in [0.15, 0.2) is 12.4 Å². The molecule has 0 radical (unpaired) electrons. The van der Waals surface area contributed by atoms with Crippen LogP contribution < -0.4 is 9.64 Å². The van der Waals surface area contributed by atoms with Gasteiger partial charge in [-0.3, -0.25) is 19.3 Å². The van der Waals surface area contributed by atoms with E-state index in [1.54, 1.807) is 36.4 Å². The number of fused-ring (bicyclic) bond motifs is 1. The van der Waals surface area contributed by atoms with Crippen LogP contribution in [0.3, 0.4) is 0 Å². The minimum atomic E-state index is -0.166. The molecule has 0 spiro atoms. The molecule has 5 nitrogen and oxygen atoms in total. The normalized spacial score (nSPS) is 21.5. The molecule has 1 aliphatic carbocycles. The summed E-state index contributed by atoms with van der Waals surface area (Å²) in [5.41, 5.74) is 1.15. The number of carbonyl (C=O) groups excluding carboxylic acids is 3. The second-order valence-corrected chi connectivity index (χ2v) is 8.14. The summed E-state index contributed by atoms with van der Waals surface area (Å²) in [6.45, 7) is -0.0767. The second-order valence-electron chi connectivity index (χ2n) is 7.22. The zero-order valence-electron chi connectivity index (χ0n) is 15.3. The van der Waals surface area contributed by atoms with Gasteiger partial charge in [0.2, 0.25) is 11.8 Å². The van der Waals surface area contributed by atoms with Crippen LogP contribution in [0.25, 0.3) is 0 Å². The van der Waals surface area contributed by atoms with Gasteiger partial charge < -0.3 is 4.74 Å². The van der Waals surface area contributed by atoms with Gasteiger partial charge in [-0.1, -0.05) is 40.9 Å². The quantitative estimate of drug-likeness (QED) is 0.509. The molecular formula is C22H20BrNO4. The lowest BCUT2D eigenvalue weighted by atomic mass is 9.81. The van der Waals surface area contributed by atoms with E-state index in [9.17, 15) is 14.4 Å². The van der Waals surface area contributed by atoms with Crippen molar-refractivity contribution in [2.45, 2.75) is 25.7 Å². The maximum atomic E-state index is 12.7. The number of amides is 2. The molecular weight excluding hydrogens is 422 g/mol. The topological polar surface area (TPSA) is 63.7 Å². The van der Waals surface area contributed by atoms with Gasteiger partial charge in [-0.15, -0.1) is 0 Å². The largest absolute Gasteiger partial charge is 0.485 e. The number of carbonyl (C=O) groups is 3. The van der Waals surface area contributed by atoms with E-state index < -0.39 is 0 Å². The summed E-state index contributed by atoms with van der Waals surface area (Å²) < 4.78 is 6.48. The maximum absolute atomic E-state index is 12.7. The van der Waals surface area contributed by atoms with Gasteiger partial charge in [0.05, 0.1) is 17.5 Å². The fourth-order valence-electron chi connectivity index (χ4n) is 3.98. The van der Waals surface area contributed by atoms with E-state index in [0.717, 1.165) is 30.2 Å². The van der Waals surface area contributed by atoms with Crippen molar-refractivity contribution in [3.05, 3.63) is 58.6 Å². The first-order valence-corrected chi connectivity index (χ1v) is 10.2. The molecule has 2 aromatic rings. The van der Waals surface area contributed by atoms with E-state index in [-0.39, 0.29) is 36.0 Å². The number of halogens is 1. The van der Waals surface area contributed by atoms with Crippen molar-refractivity contribution in [3.8, 4) is 5.75 Å². The van der Waals surface area contributed by atoms with Crippen molar-refractivity contribution in [2.24, 2.45) is 11.8 Å². The van der Waals surface area contributed by atoms with Crippen molar-refractivity contribution in [3.63, 3.8) is 0 Å². The average molecular weight is 442 g/mol. The third-order valence-corrected chi connectivity index (χ3v) is 6.00. The number of hydrogen-bond donors (Lipinski definition) is 0.